The highest BCUT2D eigenvalue weighted by molar-refractivity contribution is 5.98. The van der Waals surface area contributed by atoms with E-state index in [1.165, 1.54) is 0 Å². The van der Waals surface area contributed by atoms with Crippen molar-refractivity contribution in [3.8, 4) is 17.3 Å². The standard InChI is InChI=1S/C15H11N3O2/c1-19-15-12-5-3-2-4-11(12)13-8-16-14(18(13)17-15)10-6-7-20-9-10/h2-9H,1H3. The zero-order chi connectivity index (χ0) is 13.5. The second-order valence-electron chi connectivity index (χ2n) is 4.45. The van der Waals surface area contributed by atoms with Crippen LogP contribution in [0.15, 0.2) is 53.5 Å². The van der Waals surface area contributed by atoms with Crippen molar-refractivity contribution >= 4 is 16.3 Å². The number of hydrogen-bond acceptors (Lipinski definition) is 4. The lowest BCUT2D eigenvalue weighted by atomic mass is 10.1. The molecule has 5 nitrogen and oxygen atoms in total. The molecule has 3 aromatic heterocycles. The molecule has 0 aliphatic rings. The highest BCUT2D eigenvalue weighted by Gasteiger charge is 2.14. The highest BCUT2D eigenvalue weighted by Crippen LogP contribution is 2.29. The summed E-state index contributed by atoms with van der Waals surface area (Å²) in [6.45, 7) is 0. The second-order valence-corrected chi connectivity index (χ2v) is 4.45. The molecule has 0 saturated heterocycles. The van der Waals surface area contributed by atoms with Crippen molar-refractivity contribution in [2.75, 3.05) is 7.11 Å². The van der Waals surface area contributed by atoms with Gasteiger partial charge in [-0.2, -0.15) is 0 Å². The van der Waals surface area contributed by atoms with Gasteiger partial charge in [-0.15, -0.1) is 5.10 Å². The van der Waals surface area contributed by atoms with Crippen LogP contribution in [-0.4, -0.2) is 21.7 Å². The Morgan fingerprint density at radius 3 is 2.75 bits per heavy atom. The van der Waals surface area contributed by atoms with Crippen LogP contribution in [0.3, 0.4) is 0 Å². The van der Waals surface area contributed by atoms with Crippen LogP contribution in [0.5, 0.6) is 5.88 Å². The van der Waals surface area contributed by atoms with E-state index < -0.39 is 0 Å². The molecule has 0 spiro atoms. The summed E-state index contributed by atoms with van der Waals surface area (Å²) in [5.74, 6) is 1.31. The van der Waals surface area contributed by atoms with E-state index in [4.69, 9.17) is 9.15 Å². The third-order valence-corrected chi connectivity index (χ3v) is 3.33. The fourth-order valence-electron chi connectivity index (χ4n) is 2.41. The first-order valence-electron chi connectivity index (χ1n) is 6.21. The summed E-state index contributed by atoms with van der Waals surface area (Å²) in [5, 5.41) is 6.56. The third-order valence-electron chi connectivity index (χ3n) is 3.33. The molecule has 0 amide bonds. The lowest BCUT2D eigenvalue weighted by Gasteiger charge is -2.07. The lowest BCUT2D eigenvalue weighted by molar-refractivity contribution is 0.396. The molecular weight excluding hydrogens is 254 g/mol. The van der Waals surface area contributed by atoms with Crippen molar-refractivity contribution in [3.63, 3.8) is 0 Å². The van der Waals surface area contributed by atoms with Gasteiger partial charge >= 0.3 is 0 Å². The molecule has 0 unspecified atom stereocenters. The van der Waals surface area contributed by atoms with E-state index in [0.717, 1.165) is 27.7 Å². The second kappa shape index (κ2) is 4.09. The number of hydrogen-bond donors (Lipinski definition) is 0. The number of fused-ring (bicyclic) bond motifs is 3. The predicted molar refractivity (Wildman–Crippen MR) is 74.7 cm³/mol. The third kappa shape index (κ3) is 1.43. The molecule has 0 aliphatic carbocycles. The molecule has 3 heterocycles. The Morgan fingerprint density at radius 1 is 1.15 bits per heavy atom. The minimum absolute atomic E-state index is 0.579. The van der Waals surface area contributed by atoms with Crippen LogP contribution >= 0.6 is 0 Å². The van der Waals surface area contributed by atoms with Crippen LogP contribution in [0.4, 0.5) is 0 Å². The summed E-state index contributed by atoms with van der Waals surface area (Å²) in [4.78, 5) is 4.45. The number of furan rings is 1. The quantitative estimate of drug-likeness (QED) is 0.558. The molecule has 20 heavy (non-hydrogen) atoms. The van der Waals surface area contributed by atoms with Gasteiger partial charge in [0.25, 0.3) is 0 Å². The van der Waals surface area contributed by atoms with E-state index in [2.05, 4.69) is 10.1 Å². The summed E-state index contributed by atoms with van der Waals surface area (Å²) in [6, 6.07) is 9.85. The van der Waals surface area contributed by atoms with Crippen molar-refractivity contribution in [1.29, 1.82) is 0 Å². The van der Waals surface area contributed by atoms with Gasteiger partial charge in [0.05, 0.1) is 30.6 Å². The minimum atomic E-state index is 0.579. The molecule has 0 bridgehead atoms. The SMILES string of the molecule is COc1nn2c(-c3ccoc3)ncc2c2ccccc12. The van der Waals surface area contributed by atoms with Crippen LogP contribution in [0.25, 0.3) is 27.7 Å². The Balaban J connectivity index is 2.14. The fourth-order valence-corrected chi connectivity index (χ4v) is 2.41. The Morgan fingerprint density at radius 2 is 2.00 bits per heavy atom. The average molecular weight is 265 g/mol. The number of aromatic nitrogens is 3. The number of nitrogens with zero attached hydrogens (tertiary/aromatic N) is 3. The summed E-state index contributed by atoms with van der Waals surface area (Å²) in [6.07, 6.45) is 5.09. The fraction of sp³-hybridized carbons (Fsp3) is 0.0667. The number of ether oxygens (including phenoxy) is 1. The average Bonchev–Trinajstić information content (AvgIpc) is 3.15. The zero-order valence-corrected chi connectivity index (χ0v) is 10.8. The van der Waals surface area contributed by atoms with E-state index in [1.807, 2.05) is 36.5 Å². The van der Waals surface area contributed by atoms with Crippen molar-refractivity contribution in [1.82, 2.24) is 14.6 Å². The molecule has 0 atom stereocenters. The normalized spacial score (nSPS) is 11.2. The van der Waals surface area contributed by atoms with Crippen molar-refractivity contribution in [2.45, 2.75) is 0 Å². The molecule has 0 radical (unpaired) electrons. The summed E-state index contributed by atoms with van der Waals surface area (Å²) in [7, 11) is 1.62. The van der Waals surface area contributed by atoms with Gasteiger partial charge < -0.3 is 9.15 Å². The first kappa shape index (κ1) is 11.0. The molecule has 4 rings (SSSR count). The maximum absolute atomic E-state index is 5.39. The highest BCUT2D eigenvalue weighted by atomic mass is 16.5. The molecule has 1 aromatic carbocycles. The zero-order valence-electron chi connectivity index (χ0n) is 10.8. The maximum Gasteiger partial charge on any atom is 0.239 e. The van der Waals surface area contributed by atoms with Crippen molar-refractivity contribution in [2.24, 2.45) is 0 Å². The van der Waals surface area contributed by atoms with Gasteiger partial charge in [0.1, 0.15) is 6.26 Å². The van der Waals surface area contributed by atoms with Crippen LogP contribution in [0.2, 0.25) is 0 Å². The van der Waals surface area contributed by atoms with E-state index in [9.17, 15) is 0 Å². The van der Waals surface area contributed by atoms with Gasteiger partial charge in [-0.3, -0.25) is 0 Å². The van der Waals surface area contributed by atoms with Gasteiger partial charge in [0.15, 0.2) is 5.82 Å². The minimum Gasteiger partial charge on any atom is -0.480 e. The number of benzene rings is 1. The first-order valence-corrected chi connectivity index (χ1v) is 6.21. The number of rotatable bonds is 2. The Labute approximate surface area is 114 Å². The van der Waals surface area contributed by atoms with Crippen LogP contribution in [0.1, 0.15) is 0 Å². The Kier molecular flexibility index (Phi) is 2.26. The molecule has 0 N–H and O–H groups in total. The topological polar surface area (TPSA) is 52.6 Å². The number of methoxy groups -OCH3 is 1. The van der Waals surface area contributed by atoms with E-state index in [0.29, 0.717) is 5.88 Å². The molecule has 0 fully saturated rings. The Hall–Kier alpha value is -2.82. The van der Waals surface area contributed by atoms with E-state index >= 15 is 0 Å². The largest absolute Gasteiger partial charge is 0.480 e. The van der Waals surface area contributed by atoms with E-state index in [-0.39, 0.29) is 0 Å². The molecule has 0 saturated carbocycles. The van der Waals surface area contributed by atoms with Crippen molar-refractivity contribution < 1.29 is 9.15 Å². The van der Waals surface area contributed by atoms with E-state index in [1.54, 1.807) is 24.2 Å². The molecular formula is C15H11N3O2. The van der Waals surface area contributed by atoms with Crippen molar-refractivity contribution in [3.05, 3.63) is 49.1 Å². The summed E-state index contributed by atoms with van der Waals surface area (Å²) in [5.41, 5.74) is 1.83. The van der Waals surface area contributed by atoms with Gasteiger partial charge in [-0.05, 0) is 12.1 Å². The molecule has 4 aromatic rings. The Bertz CT molecular complexity index is 894. The predicted octanol–water partition coefficient (Wildman–Crippen LogP) is 3.15. The molecule has 0 aliphatic heterocycles. The first-order chi connectivity index (χ1) is 9.88. The summed E-state index contributed by atoms with van der Waals surface area (Å²) < 4.78 is 12.3. The maximum atomic E-state index is 5.39. The van der Waals surface area contributed by atoms with Crippen LogP contribution in [0, 0.1) is 0 Å². The molecule has 98 valence electrons. The van der Waals surface area contributed by atoms with Gasteiger partial charge in [0, 0.05) is 10.8 Å². The lowest BCUT2D eigenvalue weighted by Crippen LogP contribution is -1.99. The monoisotopic (exact) mass is 265 g/mol. The smallest absolute Gasteiger partial charge is 0.239 e. The molecule has 5 heteroatoms. The van der Waals surface area contributed by atoms with Crippen LogP contribution < -0.4 is 4.74 Å². The number of imidazole rings is 1. The van der Waals surface area contributed by atoms with Crippen LogP contribution in [-0.2, 0) is 0 Å². The van der Waals surface area contributed by atoms with Gasteiger partial charge in [0.2, 0.25) is 5.88 Å². The summed E-state index contributed by atoms with van der Waals surface area (Å²) >= 11 is 0. The van der Waals surface area contributed by atoms with Gasteiger partial charge in [-0.25, -0.2) is 9.50 Å². The van der Waals surface area contributed by atoms with Gasteiger partial charge in [-0.1, -0.05) is 18.2 Å².